The Balaban J connectivity index is 1.84. The fourth-order valence-corrected chi connectivity index (χ4v) is 3.94. The summed E-state index contributed by atoms with van der Waals surface area (Å²) in [5.41, 5.74) is 5.06. The van der Waals surface area contributed by atoms with E-state index in [-0.39, 0.29) is 17.9 Å². The van der Waals surface area contributed by atoms with Gasteiger partial charge in [0.1, 0.15) is 0 Å². The quantitative estimate of drug-likeness (QED) is 0.899. The van der Waals surface area contributed by atoms with Gasteiger partial charge in [0.25, 0.3) is 5.91 Å². The largest absolute Gasteiger partial charge is 0.352 e. The fraction of sp³-hybridized carbons (Fsp3) is 0.455. The number of piperidine rings is 1. The van der Waals surface area contributed by atoms with E-state index in [4.69, 9.17) is 0 Å². The fourth-order valence-electron chi connectivity index (χ4n) is 3.94. The Morgan fingerprint density at radius 2 is 1.93 bits per heavy atom. The number of likely N-dealkylation sites (tertiary alicyclic amines) is 1. The smallest absolute Gasteiger partial charge is 0.255 e. The Bertz CT molecular complexity index is 853. The van der Waals surface area contributed by atoms with E-state index < -0.39 is 0 Å². The van der Waals surface area contributed by atoms with E-state index in [9.17, 15) is 9.59 Å². The lowest BCUT2D eigenvalue weighted by molar-refractivity contribution is -0.121. The van der Waals surface area contributed by atoms with Crippen molar-refractivity contribution in [1.29, 1.82) is 0 Å². The normalized spacial score (nSPS) is 17.0. The monoisotopic (exact) mass is 367 g/mol. The summed E-state index contributed by atoms with van der Waals surface area (Å²) < 4.78 is 2.16. The van der Waals surface area contributed by atoms with Crippen molar-refractivity contribution in [3.63, 3.8) is 0 Å². The van der Waals surface area contributed by atoms with E-state index in [0.29, 0.717) is 13.0 Å². The molecule has 2 aromatic rings. The van der Waals surface area contributed by atoms with E-state index in [0.717, 1.165) is 42.0 Å². The van der Waals surface area contributed by atoms with Gasteiger partial charge >= 0.3 is 0 Å². The van der Waals surface area contributed by atoms with E-state index in [2.05, 4.69) is 28.9 Å². The van der Waals surface area contributed by atoms with Gasteiger partial charge in [0.15, 0.2) is 0 Å². The number of hydrogen-bond acceptors (Lipinski definition) is 2. The molecule has 2 amide bonds. The maximum Gasteiger partial charge on any atom is 0.255 e. The molecule has 0 radical (unpaired) electrons. The lowest BCUT2D eigenvalue weighted by Gasteiger charge is -2.33. The Hall–Kier alpha value is -2.56. The van der Waals surface area contributed by atoms with E-state index in [1.807, 2.05) is 43.9 Å². The molecule has 1 aliphatic rings. The second kappa shape index (κ2) is 7.99. The number of carbonyl (C=O) groups is 2. The zero-order valence-corrected chi connectivity index (χ0v) is 16.7. The van der Waals surface area contributed by atoms with Crippen LogP contribution in [0.2, 0.25) is 0 Å². The minimum Gasteiger partial charge on any atom is -0.352 e. The van der Waals surface area contributed by atoms with Crippen molar-refractivity contribution in [3.05, 3.63) is 52.8 Å². The SMILES string of the molecule is CCC(=O)NC1CCCN(C(=O)c2cc(C)n(-c3ccccc3C)c2C)C1. The number of benzene rings is 1. The van der Waals surface area contributed by atoms with Gasteiger partial charge in [-0.1, -0.05) is 25.1 Å². The highest BCUT2D eigenvalue weighted by Gasteiger charge is 2.27. The standard InChI is InChI=1S/C22H29N3O2/c1-5-21(26)23-18-10-8-12-24(14-18)22(27)19-13-16(3)25(17(19)4)20-11-7-6-9-15(20)2/h6-7,9,11,13,18H,5,8,10,12,14H2,1-4H3,(H,23,26). The number of aromatic nitrogens is 1. The molecule has 1 aliphatic heterocycles. The van der Waals surface area contributed by atoms with Gasteiger partial charge in [-0.3, -0.25) is 9.59 Å². The summed E-state index contributed by atoms with van der Waals surface area (Å²) in [7, 11) is 0. The van der Waals surface area contributed by atoms with Crippen molar-refractivity contribution in [3.8, 4) is 5.69 Å². The van der Waals surface area contributed by atoms with Gasteiger partial charge in [-0.15, -0.1) is 0 Å². The highest BCUT2D eigenvalue weighted by molar-refractivity contribution is 5.96. The molecule has 1 saturated heterocycles. The first-order chi connectivity index (χ1) is 12.9. The predicted octanol–water partition coefficient (Wildman–Crippen LogP) is 3.53. The zero-order valence-electron chi connectivity index (χ0n) is 16.7. The van der Waals surface area contributed by atoms with E-state index >= 15 is 0 Å². The highest BCUT2D eigenvalue weighted by Crippen LogP contribution is 2.25. The molecular formula is C22H29N3O2. The first-order valence-electron chi connectivity index (χ1n) is 9.76. The van der Waals surface area contributed by atoms with Gasteiger partial charge in [-0.25, -0.2) is 0 Å². The van der Waals surface area contributed by atoms with Crippen molar-refractivity contribution in [2.75, 3.05) is 13.1 Å². The van der Waals surface area contributed by atoms with Gasteiger partial charge in [-0.2, -0.15) is 0 Å². The molecule has 27 heavy (non-hydrogen) atoms. The average molecular weight is 367 g/mol. The molecule has 5 nitrogen and oxygen atoms in total. The summed E-state index contributed by atoms with van der Waals surface area (Å²) in [4.78, 5) is 26.8. The first-order valence-corrected chi connectivity index (χ1v) is 9.76. The first kappa shape index (κ1) is 19.2. The summed E-state index contributed by atoms with van der Waals surface area (Å²) in [6.07, 6.45) is 2.32. The van der Waals surface area contributed by atoms with Crippen LogP contribution in [0, 0.1) is 20.8 Å². The predicted molar refractivity (Wildman–Crippen MR) is 107 cm³/mol. The van der Waals surface area contributed by atoms with Crippen LogP contribution in [0.15, 0.2) is 30.3 Å². The van der Waals surface area contributed by atoms with Gasteiger partial charge in [-0.05, 0) is 51.3 Å². The third kappa shape index (κ3) is 3.92. The van der Waals surface area contributed by atoms with Crippen molar-refractivity contribution in [1.82, 2.24) is 14.8 Å². The molecule has 0 spiro atoms. The van der Waals surface area contributed by atoms with Crippen LogP contribution in [0.3, 0.4) is 0 Å². The maximum atomic E-state index is 13.2. The third-order valence-corrected chi connectivity index (χ3v) is 5.41. The van der Waals surface area contributed by atoms with Crippen LogP contribution < -0.4 is 5.32 Å². The second-order valence-electron chi connectivity index (χ2n) is 7.42. The molecule has 1 unspecified atom stereocenters. The number of carbonyl (C=O) groups excluding carboxylic acids is 2. The molecule has 5 heteroatoms. The van der Waals surface area contributed by atoms with Crippen LogP contribution in [0.25, 0.3) is 5.69 Å². The molecule has 0 bridgehead atoms. The molecule has 1 N–H and O–H groups in total. The Morgan fingerprint density at radius 3 is 2.63 bits per heavy atom. The van der Waals surface area contributed by atoms with Crippen LogP contribution in [-0.4, -0.2) is 40.4 Å². The Kier molecular flexibility index (Phi) is 5.68. The minimum absolute atomic E-state index is 0.0482. The van der Waals surface area contributed by atoms with Crippen molar-refractivity contribution < 1.29 is 9.59 Å². The van der Waals surface area contributed by atoms with Crippen molar-refractivity contribution in [2.45, 2.75) is 53.0 Å². The molecule has 1 fully saturated rings. The van der Waals surface area contributed by atoms with Crippen LogP contribution in [0.1, 0.15) is 53.5 Å². The molecule has 1 aromatic carbocycles. The number of rotatable bonds is 4. The lowest BCUT2D eigenvalue weighted by atomic mass is 10.0. The maximum absolute atomic E-state index is 13.2. The molecule has 0 aliphatic carbocycles. The number of amides is 2. The number of para-hydroxylation sites is 1. The second-order valence-corrected chi connectivity index (χ2v) is 7.42. The van der Waals surface area contributed by atoms with Gasteiger partial charge in [0, 0.05) is 42.6 Å². The molecular weight excluding hydrogens is 338 g/mol. The van der Waals surface area contributed by atoms with E-state index in [1.54, 1.807) is 0 Å². The van der Waals surface area contributed by atoms with E-state index in [1.165, 1.54) is 5.56 Å². The van der Waals surface area contributed by atoms with Gasteiger partial charge in [0.2, 0.25) is 5.91 Å². The third-order valence-electron chi connectivity index (χ3n) is 5.41. The van der Waals surface area contributed by atoms with Gasteiger partial charge in [0.05, 0.1) is 5.56 Å². The number of nitrogens with one attached hydrogen (secondary N) is 1. The van der Waals surface area contributed by atoms with Crippen LogP contribution in [0.4, 0.5) is 0 Å². The van der Waals surface area contributed by atoms with Gasteiger partial charge < -0.3 is 14.8 Å². The summed E-state index contributed by atoms with van der Waals surface area (Å²) in [5.74, 6) is 0.102. The number of nitrogens with zero attached hydrogens (tertiary/aromatic N) is 2. The topological polar surface area (TPSA) is 54.3 Å². The summed E-state index contributed by atoms with van der Waals surface area (Å²) in [5, 5.41) is 3.03. The highest BCUT2D eigenvalue weighted by atomic mass is 16.2. The Labute approximate surface area is 161 Å². The number of hydrogen-bond donors (Lipinski definition) is 1. The zero-order chi connectivity index (χ0) is 19.6. The molecule has 3 rings (SSSR count). The summed E-state index contributed by atoms with van der Waals surface area (Å²) >= 11 is 0. The van der Waals surface area contributed by atoms with Crippen molar-refractivity contribution >= 4 is 11.8 Å². The Morgan fingerprint density at radius 1 is 1.19 bits per heavy atom. The molecule has 144 valence electrons. The summed E-state index contributed by atoms with van der Waals surface area (Å²) in [6, 6.07) is 10.3. The minimum atomic E-state index is 0.0482. The van der Waals surface area contributed by atoms with Crippen LogP contribution in [0.5, 0.6) is 0 Å². The lowest BCUT2D eigenvalue weighted by Crippen LogP contribution is -2.49. The van der Waals surface area contributed by atoms with Crippen LogP contribution in [-0.2, 0) is 4.79 Å². The van der Waals surface area contributed by atoms with Crippen molar-refractivity contribution in [2.24, 2.45) is 0 Å². The molecule has 2 heterocycles. The molecule has 1 atom stereocenters. The molecule has 0 saturated carbocycles. The summed E-state index contributed by atoms with van der Waals surface area (Å²) in [6.45, 7) is 9.30. The molecule has 1 aromatic heterocycles. The average Bonchev–Trinajstić information content (AvgIpc) is 2.96. The number of aryl methyl sites for hydroxylation is 2. The van der Waals surface area contributed by atoms with Crippen LogP contribution >= 0.6 is 0 Å².